The van der Waals surface area contributed by atoms with E-state index in [0.29, 0.717) is 5.56 Å². The molecule has 1 saturated heterocycles. The number of ether oxygens (including phenoxy) is 5. The van der Waals surface area contributed by atoms with Crippen molar-refractivity contribution in [1.82, 2.24) is 5.32 Å². The second-order valence-electron chi connectivity index (χ2n) is 16.4. The first kappa shape index (κ1) is 42.8. The van der Waals surface area contributed by atoms with Gasteiger partial charge < -0.3 is 49.4 Å². The van der Waals surface area contributed by atoms with Gasteiger partial charge in [-0.1, -0.05) is 69.0 Å². The van der Waals surface area contributed by atoms with E-state index in [0.717, 1.165) is 6.92 Å². The van der Waals surface area contributed by atoms with Gasteiger partial charge in [0, 0.05) is 37.9 Å². The average molecular weight is 806 g/mol. The molecule has 1 heterocycles. The summed E-state index contributed by atoms with van der Waals surface area (Å²) >= 11 is 0. The van der Waals surface area contributed by atoms with E-state index in [1.54, 1.807) is 62.4 Å². The number of hydrogen-bond donors (Lipinski definition) is 5. The standard InChI is InChI=1S/C43H51NO14/c1-22(20-54-7)37(50)44-31(25-14-10-8-11-15-25)33(48)39(52)56-27-19-43(53)36(57-38(51)26-16-12-9-13-17-26)34-41(6,35(49)32(47)30(23(27)2)40(43,4)5)28(46)18-29-42(34,21-55-29)58-24(3)45/h8-17,27-29,31-34,36,46-48,53H,1,18-21H2,2-7H3,(H,44,50)/t27-,28-,29+,31-,32+,33+,34-,36-,41+,42-,43+/m0/s1. The van der Waals surface area contributed by atoms with Gasteiger partial charge in [0.15, 0.2) is 17.5 Å². The maximum Gasteiger partial charge on any atom is 0.338 e. The van der Waals surface area contributed by atoms with Gasteiger partial charge in [0.2, 0.25) is 5.91 Å². The van der Waals surface area contributed by atoms with Crippen LogP contribution in [0.5, 0.6) is 0 Å². The zero-order valence-corrected chi connectivity index (χ0v) is 33.3. The fraction of sp³-hybridized carbons (Fsp3) is 0.512. The number of methoxy groups -OCH3 is 1. The molecule has 6 rings (SSSR count). The van der Waals surface area contributed by atoms with Gasteiger partial charge in [-0.15, -0.1) is 0 Å². The normalized spacial score (nSPS) is 33.4. The summed E-state index contributed by atoms with van der Waals surface area (Å²) in [5.41, 5.74) is -7.22. The third kappa shape index (κ3) is 6.86. The van der Waals surface area contributed by atoms with Crippen molar-refractivity contribution in [2.45, 2.75) is 101 Å². The second-order valence-corrected chi connectivity index (χ2v) is 16.4. The first-order valence-corrected chi connectivity index (χ1v) is 19.1. The number of aliphatic hydroxyl groups is 4. The van der Waals surface area contributed by atoms with E-state index >= 15 is 0 Å². The minimum atomic E-state index is -2.36. The van der Waals surface area contributed by atoms with Crippen molar-refractivity contribution >= 4 is 29.6 Å². The topological polar surface area (TPSA) is 224 Å². The van der Waals surface area contributed by atoms with E-state index in [2.05, 4.69) is 11.9 Å². The average Bonchev–Trinajstić information content (AvgIpc) is 3.18. The monoisotopic (exact) mass is 805 g/mol. The van der Waals surface area contributed by atoms with Crippen LogP contribution >= 0.6 is 0 Å². The molecule has 0 unspecified atom stereocenters. The van der Waals surface area contributed by atoms with E-state index in [1.165, 1.54) is 33.1 Å². The highest BCUT2D eigenvalue weighted by Gasteiger charge is 2.78. The molecule has 0 aromatic heterocycles. The number of benzene rings is 2. The molecule has 4 aliphatic rings. The Balaban J connectivity index is 1.49. The molecule has 15 nitrogen and oxygen atoms in total. The van der Waals surface area contributed by atoms with E-state index < -0.39 is 107 Å². The molecule has 312 valence electrons. The highest BCUT2D eigenvalue weighted by Crippen LogP contribution is 2.64. The largest absolute Gasteiger partial charge is 0.456 e. The van der Waals surface area contributed by atoms with Gasteiger partial charge in [-0.3, -0.25) is 14.4 Å². The van der Waals surface area contributed by atoms with Gasteiger partial charge >= 0.3 is 17.9 Å². The number of aliphatic hydroxyl groups excluding tert-OH is 3. The maximum atomic E-state index is 14.9. The number of ketones is 1. The van der Waals surface area contributed by atoms with Crippen molar-refractivity contribution in [2.24, 2.45) is 16.7 Å². The summed E-state index contributed by atoms with van der Waals surface area (Å²) in [4.78, 5) is 69.0. The van der Waals surface area contributed by atoms with Crippen LogP contribution < -0.4 is 5.32 Å². The fourth-order valence-corrected chi connectivity index (χ4v) is 9.61. The van der Waals surface area contributed by atoms with Crippen LogP contribution in [0, 0.1) is 16.7 Å². The van der Waals surface area contributed by atoms with Crippen molar-refractivity contribution < 1.29 is 68.1 Å². The summed E-state index contributed by atoms with van der Waals surface area (Å²) in [6.45, 7) is 10.4. The Morgan fingerprint density at radius 3 is 2.19 bits per heavy atom. The fourth-order valence-electron chi connectivity index (χ4n) is 9.61. The highest BCUT2D eigenvalue weighted by molar-refractivity contribution is 5.95. The molecule has 0 spiro atoms. The number of esters is 3. The Labute approximate surface area is 336 Å². The van der Waals surface area contributed by atoms with Crippen LogP contribution in [0.4, 0.5) is 0 Å². The molecule has 5 N–H and O–H groups in total. The SMILES string of the molecule is C=C(COC)C(=O)N[C@@H](c1ccccc1)[C@@H](O)C(=O)O[C@H]1C[C@@]2(O)[C@@H](OC(=O)c3ccccc3)[C@@H]3[C@]4(OC(C)=O)CO[C@@H]4C[C@H](O)[C@@]3(C)C(=O)[C@H](O)C(=C1C)C2(C)C. The number of carbonyl (C=O) groups excluding carboxylic acids is 5. The summed E-state index contributed by atoms with van der Waals surface area (Å²) in [5, 5.41) is 51.6. The zero-order chi connectivity index (χ0) is 42.5. The maximum absolute atomic E-state index is 14.9. The van der Waals surface area contributed by atoms with Gasteiger partial charge in [-0.05, 0) is 42.7 Å². The van der Waals surface area contributed by atoms with Gasteiger partial charge in [0.1, 0.15) is 30.0 Å². The van der Waals surface area contributed by atoms with E-state index in [4.69, 9.17) is 23.7 Å². The number of nitrogens with one attached hydrogen (secondary N) is 1. The summed E-state index contributed by atoms with van der Waals surface area (Å²) < 4.78 is 29.1. The lowest BCUT2D eigenvalue weighted by Gasteiger charge is -2.67. The molecule has 2 aromatic carbocycles. The van der Waals surface area contributed by atoms with Crippen LogP contribution in [-0.4, -0.2) is 118 Å². The molecule has 58 heavy (non-hydrogen) atoms. The Morgan fingerprint density at radius 1 is 1.00 bits per heavy atom. The summed E-state index contributed by atoms with van der Waals surface area (Å²) in [5.74, 6) is -6.08. The van der Waals surface area contributed by atoms with E-state index in [1.807, 2.05) is 0 Å². The first-order valence-electron chi connectivity index (χ1n) is 19.1. The minimum absolute atomic E-state index is 0.0154. The summed E-state index contributed by atoms with van der Waals surface area (Å²) in [6.07, 6.45) is -10.6. The lowest BCUT2D eigenvalue weighted by atomic mass is 9.44. The third-order valence-electron chi connectivity index (χ3n) is 12.8. The predicted octanol–water partition coefficient (Wildman–Crippen LogP) is 2.05. The van der Waals surface area contributed by atoms with Crippen LogP contribution in [0.2, 0.25) is 0 Å². The zero-order valence-electron chi connectivity index (χ0n) is 33.3. The number of fused-ring (bicyclic) bond motifs is 5. The molecule has 2 bridgehead atoms. The molecule has 1 amide bonds. The van der Waals surface area contributed by atoms with Crippen LogP contribution in [0.15, 0.2) is 84.0 Å². The number of Topliss-reactive ketones (excluding diaryl/α,β-unsaturated/α-hetero) is 1. The van der Waals surface area contributed by atoms with Crippen molar-refractivity contribution in [3.8, 4) is 0 Å². The minimum Gasteiger partial charge on any atom is -0.456 e. The molecule has 3 fully saturated rings. The molecule has 1 aliphatic heterocycles. The summed E-state index contributed by atoms with van der Waals surface area (Å²) in [6, 6.07) is 14.6. The Kier molecular flexibility index (Phi) is 11.6. The Morgan fingerprint density at radius 2 is 1.62 bits per heavy atom. The first-order chi connectivity index (χ1) is 27.3. The Bertz CT molecular complexity index is 2000. The van der Waals surface area contributed by atoms with Crippen molar-refractivity contribution in [1.29, 1.82) is 0 Å². The number of amides is 1. The predicted molar refractivity (Wildman–Crippen MR) is 203 cm³/mol. The molecule has 3 aliphatic carbocycles. The van der Waals surface area contributed by atoms with Crippen molar-refractivity contribution in [3.63, 3.8) is 0 Å². The molecule has 2 saturated carbocycles. The molecule has 0 radical (unpaired) electrons. The lowest BCUT2D eigenvalue weighted by Crippen LogP contribution is -2.81. The van der Waals surface area contributed by atoms with Crippen LogP contribution in [0.3, 0.4) is 0 Å². The van der Waals surface area contributed by atoms with Crippen LogP contribution in [-0.2, 0) is 42.9 Å². The number of hydrogen-bond acceptors (Lipinski definition) is 14. The molecule has 15 heteroatoms. The van der Waals surface area contributed by atoms with Crippen molar-refractivity contribution in [2.75, 3.05) is 20.3 Å². The van der Waals surface area contributed by atoms with Crippen molar-refractivity contribution in [3.05, 3.63) is 95.1 Å². The highest BCUT2D eigenvalue weighted by atomic mass is 16.6. The lowest BCUT2D eigenvalue weighted by molar-refractivity contribution is -0.346. The van der Waals surface area contributed by atoms with Gasteiger partial charge in [0.05, 0.1) is 42.3 Å². The van der Waals surface area contributed by atoms with E-state index in [-0.39, 0.29) is 41.9 Å². The molecular formula is C43H51NO14. The van der Waals surface area contributed by atoms with Crippen LogP contribution in [0.25, 0.3) is 0 Å². The second kappa shape index (κ2) is 15.8. The van der Waals surface area contributed by atoms with E-state index in [9.17, 15) is 44.4 Å². The quantitative estimate of drug-likeness (QED) is 0.0950. The smallest absolute Gasteiger partial charge is 0.338 e. The number of carbonyl (C=O) groups is 5. The van der Waals surface area contributed by atoms with Gasteiger partial charge in [-0.2, -0.15) is 0 Å². The van der Waals surface area contributed by atoms with Gasteiger partial charge in [-0.25, -0.2) is 9.59 Å². The molecule has 2 aromatic rings. The Hall–Kier alpha value is -4.77. The van der Waals surface area contributed by atoms with Gasteiger partial charge in [0.25, 0.3) is 0 Å². The summed E-state index contributed by atoms with van der Waals surface area (Å²) in [7, 11) is 1.37. The molecule has 11 atom stereocenters. The molecular weight excluding hydrogens is 754 g/mol. The number of rotatable bonds is 11. The third-order valence-corrected chi connectivity index (χ3v) is 12.8. The van der Waals surface area contributed by atoms with Crippen LogP contribution in [0.1, 0.15) is 69.4 Å².